The smallest absolute Gasteiger partial charge is 0.229 e. The lowest BCUT2D eigenvalue weighted by molar-refractivity contribution is 0.490. The van der Waals surface area contributed by atoms with Crippen molar-refractivity contribution < 1.29 is 4.42 Å². The lowest BCUT2D eigenvalue weighted by Gasteiger charge is -2.09. The number of nitrogen functional groups attached to an aromatic ring is 1. The van der Waals surface area contributed by atoms with Gasteiger partial charge >= 0.3 is 0 Å². The van der Waals surface area contributed by atoms with Crippen LogP contribution in [-0.2, 0) is 6.54 Å². The van der Waals surface area contributed by atoms with Gasteiger partial charge in [0.05, 0.1) is 11.0 Å². The Hall–Kier alpha value is -2.54. The molecule has 2 aromatic heterocycles. The van der Waals surface area contributed by atoms with Crippen LogP contribution in [0.1, 0.15) is 11.5 Å². The molecule has 7 heteroatoms. The first-order valence-electron chi connectivity index (χ1n) is 7.04. The van der Waals surface area contributed by atoms with E-state index < -0.39 is 0 Å². The third-order valence-electron chi connectivity index (χ3n) is 3.11. The highest BCUT2D eigenvalue weighted by Gasteiger charge is 2.07. The Balaban J connectivity index is 1.73. The number of benzene rings is 1. The molecule has 0 atom stereocenters. The van der Waals surface area contributed by atoms with Crippen LogP contribution < -0.4 is 16.4 Å². The topological polar surface area (TPSA) is 89.0 Å². The van der Waals surface area contributed by atoms with Crippen LogP contribution in [0.3, 0.4) is 0 Å². The standard InChI is InChI=1S/C16H16BrN5O/c1-10-5-6-13(23-10)8-19-15-14(17)9-20-16(22-15)21-12-4-2-3-11(18)7-12/h2-7,9H,8,18H2,1H3,(H2,19,20,21,22). The van der Waals surface area contributed by atoms with Crippen molar-refractivity contribution >= 4 is 39.1 Å². The van der Waals surface area contributed by atoms with Crippen molar-refractivity contribution in [1.82, 2.24) is 9.97 Å². The number of aromatic nitrogens is 2. The minimum absolute atomic E-state index is 0.483. The van der Waals surface area contributed by atoms with E-state index in [1.165, 1.54) is 0 Å². The van der Waals surface area contributed by atoms with E-state index in [0.29, 0.717) is 24.0 Å². The first kappa shape index (κ1) is 15.4. The lowest BCUT2D eigenvalue weighted by atomic mass is 10.3. The molecule has 6 nitrogen and oxygen atoms in total. The fraction of sp³-hybridized carbons (Fsp3) is 0.125. The summed E-state index contributed by atoms with van der Waals surface area (Å²) in [5, 5.41) is 6.35. The Morgan fingerprint density at radius 3 is 2.87 bits per heavy atom. The molecular formula is C16H16BrN5O. The molecule has 0 radical (unpaired) electrons. The van der Waals surface area contributed by atoms with Gasteiger partial charge in [0.25, 0.3) is 0 Å². The van der Waals surface area contributed by atoms with Crippen molar-refractivity contribution in [3.05, 3.63) is 58.6 Å². The fourth-order valence-corrected chi connectivity index (χ4v) is 2.38. The maximum Gasteiger partial charge on any atom is 0.229 e. The molecule has 1 aromatic carbocycles. The number of hydrogen-bond acceptors (Lipinski definition) is 6. The van der Waals surface area contributed by atoms with Crippen molar-refractivity contribution in [1.29, 1.82) is 0 Å². The van der Waals surface area contributed by atoms with Crippen molar-refractivity contribution in [2.24, 2.45) is 0 Å². The molecule has 0 aliphatic rings. The molecule has 0 fully saturated rings. The largest absolute Gasteiger partial charge is 0.465 e. The van der Waals surface area contributed by atoms with E-state index >= 15 is 0 Å². The van der Waals surface area contributed by atoms with Gasteiger partial charge in [-0.05, 0) is 53.2 Å². The number of halogens is 1. The molecule has 0 unspecified atom stereocenters. The van der Waals surface area contributed by atoms with Crippen LogP contribution in [0, 0.1) is 6.92 Å². The molecule has 0 saturated heterocycles. The summed E-state index contributed by atoms with van der Waals surface area (Å²) < 4.78 is 6.31. The molecule has 3 rings (SSSR count). The summed E-state index contributed by atoms with van der Waals surface area (Å²) in [4.78, 5) is 8.71. The van der Waals surface area contributed by atoms with Crippen LogP contribution in [0.15, 0.2) is 51.5 Å². The summed E-state index contributed by atoms with van der Waals surface area (Å²) in [6.07, 6.45) is 1.69. The van der Waals surface area contributed by atoms with Crippen molar-refractivity contribution in [3.63, 3.8) is 0 Å². The summed E-state index contributed by atoms with van der Waals surface area (Å²) >= 11 is 3.44. The van der Waals surface area contributed by atoms with Gasteiger partial charge in [0.1, 0.15) is 17.3 Å². The number of furan rings is 1. The van der Waals surface area contributed by atoms with Crippen molar-refractivity contribution in [2.45, 2.75) is 13.5 Å². The SMILES string of the molecule is Cc1ccc(CNc2nc(Nc3cccc(N)c3)ncc2Br)o1. The molecule has 0 amide bonds. The van der Waals surface area contributed by atoms with Gasteiger partial charge in [-0.25, -0.2) is 4.98 Å². The second-order valence-corrected chi connectivity index (χ2v) is 5.86. The molecule has 0 aliphatic heterocycles. The lowest BCUT2D eigenvalue weighted by Crippen LogP contribution is -2.05. The van der Waals surface area contributed by atoms with Gasteiger partial charge in [-0.15, -0.1) is 0 Å². The van der Waals surface area contributed by atoms with Crippen LogP contribution >= 0.6 is 15.9 Å². The predicted octanol–water partition coefficient (Wildman–Crippen LogP) is 4.08. The van der Waals surface area contributed by atoms with Gasteiger partial charge in [-0.3, -0.25) is 0 Å². The van der Waals surface area contributed by atoms with E-state index in [1.54, 1.807) is 6.20 Å². The molecule has 0 spiro atoms. The minimum atomic E-state index is 0.483. The van der Waals surface area contributed by atoms with Crippen molar-refractivity contribution in [2.75, 3.05) is 16.4 Å². The van der Waals surface area contributed by atoms with Crippen LogP contribution in [0.5, 0.6) is 0 Å². The quantitative estimate of drug-likeness (QED) is 0.583. The van der Waals surface area contributed by atoms with E-state index in [-0.39, 0.29) is 0 Å². The monoisotopic (exact) mass is 373 g/mol. The summed E-state index contributed by atoms with van der Waals surface area (Å²) in [5.74, 6) is 2.89. The highest BCUT2D eigenvalue weighted by Crippen LogP contribution is 2.23. The number of hydrogen-bond donors (Lipinski definition) is 3. The van der Waals surface area contributed by atoms with Gasteiger partial charge in [-0.2, -0.15) is 4.98 Å². The minimum Gasteiger partial charge on any atom is -0.465 e. The molecule has 23 heavy (non-hydrogen) atoms. The van der Waals surface area contributed by atoms with E-state index in [2.05, 4.69) is 36.5 Å². The fourth-order valence-electron chi connectivity index (χ4n) is 2.05. The molecular weight excluding hydrogens is 358 g/mol. The summed E-state index contributed by atoms with van der Waals surface area (Å²) in [6, 6.07) is 11.3. The van der Waals surface area contributed by atoms with Gasteiger partial charge in [0.15, 0.2) is 0 Å². The Labute approximate surface area is 142 Å². The number of aryl methyl sites for hydroxylation is 1. The van der Waals surface area contributed by atoms with Gasteiger partial charge in [0.2, 0.25) is 5.95 Å². The molecule has 0 saturated carbocycles. The van der Waals surface area contributed by atoms with Crippen molar-refractivity contribution in [3.8, 4) is 0 Å². The Morgan fingerprint density at radius 1 is 1.26 bits per heavy atom. The second-order valence-electron chi connectivity index (χ2n) is 5.01. The van der Waals surface area contributed by atoms with E-state index in [0.717, 1.165) is 21.7 Å². The van der Waals surface area contributed by atoms with Crippen LogP contribution in [0.2, 0.25) is 0 Å². The maximum atomic E-state index is 5.77. The summed E-state index contributed by atoms with van der Waals surface area (Å²) in [5.41, 5.74) is 7.28. The molecule has 4 N–H and O–H groups in total. The Morgan fingerprint density at radius 2 is 2.13 bits per heavy atom. The second kappa shape index (κ2) is 6.70. The first-order chi connectivity index (χ1) is 11.1. The number of anilines is 4. The van der Waals surface area contributed by atoms with Crippen LogP contribution in [0.4, 0.5) is 23.1 Å². The Bertz CT molecular complexity index is 818. The van der Waals surface area contributed by atoms with Gasteiger partial charge < -0.3 is 20.8 Å². The summed E-state index contributed by atoms with van der Waals surface area (Å²) in [6.45, 7) is 2.46. The number of nitrogens with two attached hydrogens (primary N) is 1. The number of nitrogens with zero attached hydrogens (tertiary/aromatic N) is 2. The van der Waals surface area contributed by atoms with E-state index in [9.17, 15) is 0 Å². The predicted molar refractivity (Wildman–Crippen MR) is 94.6 cm³/mol. The highest BCUT2D eigenvalue weighted by molar-refractivity contribution is 9.10. The number of rotatable bonds is 5. The molecule has 3 aromatic rings. The molecule has 2 heterocycles. The zero-order valence-electron chi connectivity index (χ0n) is 12.5. The van der Waals surface area contributed by atoms with Gasteiger partial charge in [-0.1, -0.05) is 6.07 Å². The zero-order chi connectivity index (χ0) is 16.2. The third-order valence-corrected chi connectivity index (χ3v) is 3.69. The van der Waals surface area contributed by atoms with Crippen LogP contribution in [0.25, 0.3) is 0 Å². The average Bonchev–Trinajstić information content (AvgIpc) is 2.93. The van der Waals surface area contributed by atoms with Gasteiger partial charge in [0, 0.05) is 17.6 Å². The highest BCUT2D eigenvalue weighted by atomic mass is 79.9. The number of nitrogens with one attached hydrogen (secondary N) is 2. The Kier molecular flexibility index (Phi) is 4.47. The molecule has 118 valence electrons. The average molecular weight is 374 g/mol. The van der Waals surface area contributed by atoms with E-state index in [4.69, 9.17) is 10.2 Å². The normalized spacial score (nSPS) is 10.5. The molecule has 0 bridgehead atoms. The maximum absolute atomic E-state index is 5.77. The molecule has 0 aliphatic carbocycles. The third kappa shape index (κ3) is 4.01. The van der Waals surface area contributed by atoms with Crippen LogP contribution in [-0.4, -0.2) is 9.97 Å². The van der Waals surface area contributed by atoms with E-state index in [1.807, 2.05) is 43.3 Å². The first-order valence-corrected chi connectivity index (χ1v) is 7.84. The summed E-state index contributed by atoms with van der Waals surface area (Å²) in [7, 11) is 0. The zero-order valence-corrected chi connectivity index (χ0v) is 14.1.